The van der Waals surface area contributed by atoms with Gasteiger partial charge in [-0.25, -0.2) is 0 Å². The van der Waals surface area contributed by atoms with Crippen LogP contribution in [0.4, 0.5) is 0 Å². The van der Waals surface area contributed by atoms with Crippen LogP contribution in [0.5, 0.6) is 0 Å². The van der Waals surface area contributed by atoms with Gasteiger partial charge >= 0.3 is 0 Å². The standard InChI is InChI=1S/C40H42O6/c1-41-27-35-23-25-43-39(45-35)37-7-3-5-33(37)21-19-31-15-11-29(12-16-31)9-10-30-13-17-32(18-14-30)20-22-34-6-4-8-38(34)40-44-26-24-36(46-40)28-42-2/h3-22,35-36,39-40H,23-28H2,1-2H3/b10-9+,21-19+,22-20+/t35-,36-,39-,40-/m0/s1. The van der Waals surface area contributed by atoms with Gasteiger partial charge in [-0.15, -0.1) is 0 Å². The van der Waals surface area contributed by atoms with Gasteiger partial charge in [0.15, 0.2) is 12.6 Å². The lowest BCUT2D eigenvalue weighted by atomic mass is 9.93. The van der Waals surface area contributed by atoms with Crippen LogP contribution in [0, 0.1) is 62.2 Å². The van der Waals surface area contributed by atoms with E-state index < -0.39 is 0 Å². The number of hydrogen-bond donors (Lipinski definition) is 0. The van der Waals surface area contributed by atoms with Crippen LogP contribution in [0.2, 0.25) is 0 Å². The molecule has 6 rings (SSSR count). The maximum Gasteiger partial charge on any atom is 0.165 e. The number of allylic oxidation sites excluding steroid dienone is 2. The van der Waals surface area contributed by atoms with Crippen molar-refractivity contribution >= 4 is 24.3 Å². The molecule has 2 aliphatic heterocycles. The first kappa shape index (κ1) is 33.3. The maximum atomic E-state index is 6.11. The Bertz CT molecular complexity index is 1180. The van der Waals surface area contributed by atoms with E-state index in [-0.39, 0.29) is 24.8 Å². The molecule has 2 heterocycles. The molecule has 0 N–H and O–H groups in total. The van der Waals surface area contributed by atoms with Crippen molar-refractivity contribution in [2.75, 3.05) is 40.6 Å². The summed E-state index contributed by atoms with van der Waals surface area (Å²) < 4.78 is 34.6. The Morgan fingerprint density at radius 1 is 0.543 bits per heavy atom. The van der Waals surface area contributed by atoms with E-state index in [1.54, 1.807) is 14.2 Å². The zero-order valence-electron chi connectivity index (χ0n) is 26.5. The summed E-state index contributed by atoms with van der Waals surface area (Å²) in [5.41, 5.74) is 4.55. The van der Waals surface area contributed by atoms with E-state index in [1.165, 1.54) is 0 Å². The number of benzene rings is 2. The normalized spacial score (nSPS) is 27.6. The van der Waals surface area contributed by atoms with Gasteiger partial charge in [0.25, 0.3) is 0 Å². The third-order valence-corrected chi connectivity index (χ3v) is 8.28. The summed E-state index contributed by atoms with van der Waals surface area (Å²) in [6, 6.07) is 17.1. The van der Waals surface area contributed by atoms with Crippen LogP contribution in [-0.4, -0.2) is 65.4 Å². The molecule has 2 aliphatic carbocycles. The molecule has 0 bridgehead atoms. The highest BCUT2D eigenvalue weighted by Crippen LogP contribution is 2.41. The highest BCUT2D eigenvalue weighted by Gasteiger charge is 2.39. The molecule has 2 aromatic rings. The smallest absolute Gasteiger partial charge is 0.165 e. The molecule has 0 amide bonds. The number of methoxy groups -OCH3 is 2. The van der Waals surface area contributed by atoms with Crippen LogP contribution in [0.3, 0.4) is 0 Å². The SMILES string of the molecule is COC[C@@H]1CCO[C@H]([C]2[CH][CH][CH][C]2/C=C/c2ccc(/C=C/c3ccc(/C=C/[C]4[CH][CH][CH][C]4[C@H]4OCC[C@@H](COC)O4)cc3)cc2)O1. The number of hydrogen-bond acceptors (Lipinski definition) is 6. The Morgan fingerprint density at radius 2 is 0.913 bits per heavy atom. The van der Waals surface area contributed by atoms with Gasteiger partial charge in [-0.1, -0.05) is 85.0 Å². The van der Waals surface area contributed by atoms with E-state index in [2.05, 4.69) is 111 Å². The van der Waals surface area contributed by atoms with Crippen molar-refractivity contribution in [3.8, 4) is 0 Å². The molecule has 0 aromatic heterocycles. The van der Waals surface area contributed by atoms with Crippen LogP contribution in [0.1, 0.15) is 35.1 Å². The van der Waals surface area contributed by atoms with Crippen molar-refractivity contribution in [2.24, 2.45) is 0 Å². The highest BCUT2D eigenvalue weighted by atomic mass is 16.7. The van der Waals surface area contributed by atoms with Gasteiger partial charge in [0.1, 0.15) is 0 Å². The summed E-state index contributed by atoms with van der Waals surface area (Å²) >= 11 is 0. The quantitative estimate of drug-likeness (QED) is 0.239. The van der Waals surface area contributed by atoms with Gasteiger partial charge in [-0.3, -0.25) is 0 Å². The van der Waals surface area contributed by atoms with Gasteiger partial charge in [0.05, 0.1) is 38.6 Å². The Kier molecular flexibility index (Phi) is 12.3. The van der Waals surface area contributed by atoms with Crippen molar-refractivity contribution in [3.05, 3.63) is 145 Å². The Labute approximate surface area is 275 Å². The predicted octanol–water partition coefficient (Wildman–Crippen LogP) is 6.99. The topological polar surface area (TPSA) is 55.4 Å². The molecule has 6 heteroatoms. The monoisotopic (exact) mass is 618 g/mol. The molecule has 6 nitrogen and oxygen atoms in total. The number of rotatable bonds is 12. The first-order chi connectivity index (χ1) is 22.7. The summed E-state index contributed by atoms with van der Waals surface area (Å²) in [5.74, 6) is 4.30. The zero-order chi connectivity index (χ0) is 31.6. The van der Waals surface area contributed by atoms with Crippen LogP contribution in [-0.2, 0) is 28.4 Å². The summed E-state index contributed by atoms with van der Waals surface area (Å²) in [6.45, 7) is 2.50. The Morgan fingerprint density at radius 3 is 1.28 bits per heavy atom. The van der Waals surface area contributed by atoms with Crippen molar-refractivity contribution in [1.82, 2.24) is 0 Å². The fourth-order valence-electron chi connectivity index (χ4n) is 5.75. The van der Waals surface area contributed by atoms with E-state index in [0.717, 1.165) is 58.8 Å². The second kappa shape index (κ2) is 17.0. The van der Waals surface area contributed by atoms with Crippen molar-refractivity contribution in [2.45, 2.75) is 37.6 Å². The molecule has 4 fully saturated rings. The maximum absolute atomic E-state index is 6.11. The molecule has 0 unspecified atom stereocenters. The van der Waals surface area contributed by atoms with Gasteiger partial charge < -0.3 is 28.4 Å². The molecule has 2 aromatic carbocycles. The number of ether oxygens (including phenoxy) is 6. The molecule has 238 valence electrons. The van der Waals surface area contributed by atoms with Crippen LogP contribution in [0.15, 0.2) is 60.7 Å². The zero-order valence-corrected chi connectivity index (χ0v) is 26.5. The fourth-order valence-corrected chi connectivity index (χ4v) is 5.75. The lowest BCUT2D eigenvalue weighted by Gasteiger charge is -2.34. The molecule has 4 atom stereocenters. The first-order valence-corrected chi connectivity index (χ1v) is 16.0. The van der Waals surface area contributed by atoms with Crippen LogP contribution < -0.4 is 0 Å². The van der Waals surface area contributed by atoms with Crippen LogP contribution >= 0.6 is 0 Å². The molecule has 46 heavy (non-hydrogen) atoms. The minimum Gasteiger partial charge on any atom is -0.382 e. The molecule has 4 aliphatic rings. The van der Waals surface area contributed by atoms with E-state index in [4.69, 9.17) is 28.4 Å². The van der Waals surface area contributed by atoms with E-state index >= 15 is 0 Å². The first-order valence-electron chi connectivity index (χ1n) is 16.0. The van der Waals surface area contributed by atoms with Gasteiger partial charge in [0, 0.05) is 37.9 Å². The lowest BCUT2D eigenvalue weighted by Crippen LogP contribution is -2.39. The fraction of sp³-hybridized carbons (Fsp3) is 0.300. The Hall–Kier alpha value is -2.58. The van der Waals surface area contributed by atoms with E-state index in [9.17, 15) is 0 Å². The minimum absolute atomic E-state index is 0.0588. The van der Waals surface area contributed by atoms with Crippen molar-refractivity contribution < 1.29 is 28.4 Å². The van der Waals surface area contributed by atoms with Crippen molar-refractivity contribution in [3.63, 3.8) is 0 Å². The Balaban J connectivity index is 0.986. The molecular weight excluding hydrogens is 576 g/mol. The molecule has 2 saturated heterocycles. The summed E-state index contributed by atoms with van der Waals surface area (Å²) in [4.78, 5) is 0. The van der Waals surface area contributed by atoms with E-state index in [1.807, 2.05) is 12.8 Å². The molecule has 0 spiro atoms. The second-order valence-corrected chi connectivity index (χ2v) is 11.6. The third-order valence-electron chi connectivity index (χ3n) is 8.28. The summed E-state index contributed by atoms with van der Waals surface area (Å²) in [5, 5.41) is 0. The van der Waals surface area contributed by atoms with Crippen LogP contribution in [0.25, 0.3) is 24.3 Å². The summed E-state index contributed by atoms with van der Waals surface area (Å²) in [6.07, 6.45) is 26.3. The average molecular weight is 619 g/mol. The minimum atomic E-state index is -0.360. The molecule has 10 radical (unpaired) electrons. The molecular formula is C40H42O6. The van der Waals surface area contributed by atoms with E-state index in [0.29, 0.717) is 26.4 Å². The molecule has 2 saturated carbocycles. The van der Waals surface area contributed by atoms with Gasteiger partial charge in [0.2, 0.25) is 0 Å². The predicted molar refractivity (Wildman–Crippen MR) is 181 cm³/mol. The average Bonchev–Trinajstić information content (AvgIpc) is 3.77. The third kappa shape index (κ3) is 9.06. The van der Waals surface area contributed by atoms with Gasteiger partial charge in [-0.2, -0.15) is 0 Å². The van der Waals surface area contributed by atoms with Crippen molar-refractivity contribution in [1.29, 1.82) is 0 Å². The summed E-state index contributed by atoms with van der Waals surface area (Å²) in [7, 11) is 3.40. The van der Waals surface area contributed by atoms with Gasteiger partial charge in [-0.05, 0) is 73.6 Å². The highest BCUT2D eigenvalue weighted by molar-refractivity contribution is 5.71. The lowest BCUT2D eigenvalue weighted by molar-refractivity contribution is -0.209. The largest absolute Gasteiger partial charge is 0.382 e. The second-order valence-electron chi connectivity index (χ2n) is 11.6.